The molecule has 7 nitrogen and oxygen atoms in total. The normalized spacial score (nSPS) is 15.7. The summed E-state index contributed by atoms with van der Waals surface area (Å²) in [5.41, 5.74) is 2.35. The number of hydrogen-bond donors (Lipinski definition) is 1. The van der Waals surface area contributed by atoms with Gasteiger partial charge in [-0.3, -0.25) is 9.59 Å². The van der Waals surface area contributed by atoms with Crippen LogP contribution in [0.4, 0.5) is 11.4 Å². The van der Waals surface area contributed by atoms with Crippen LogP contribution in [0.3, 0.4) is 0 Å². The maximum atomic E-state index is 12.6. The second kappa shape index (κ2) is 9.29. The highest BCUT2D eigenvalue weighted by atomic mass is 16.6. The predicted molar refractivity (Wildman–Crippen MR) is 120 cm³/mol. The molecule has 0 radical (unpaired) electrons. The molecule has 164 valence electrons. The summed E-state index contributed by atoms with van der Waals surface area (Å²) in [6.45, 7) is 8.26. The van der Waals surface area contributed by atoms with E-state index in [1.54, 1.807) is 18.2 Å². The number of hydrogen-bond acceptors (Lipinski definition) is 5. The number of nitrogens with zero attached hydrogens (tertiary/aromatic N) is 2. The quantitative estimate of drug-likeness (QED) is 0.798. The van der Waals surface area contributed by atoms with Crippen molar-refractivity contribution in [1.82, 2.24) is 4.90 Å². The van der Waals surface area contributed by atoms with E-state index in [0.29, 0.717) is 42.6 Å². The fourth-order valence-electron chi connectivity index (χ4n) is 3.84. The Morgan fingerprint density at radius 1 is 0.935 bits per heavy atom. The van der Waals surface area contributed by atoms with E-state index in [1.165, 1.54) is 0 Å². The van der Waals surface area contributed by atoms with Gasteiger partial charge >= 0.3 is 0 Å². The van der Waals surface area contributed by atoms with Gasteiger partial charge in [0.2, 0.25) is 5.91 Å². The smallest absolute Gasteiger partial charge is 0.255 e. The number of benzene rings is 2. The lowest BCUT2D eigenvalue weighted by molar-refractivity contribution is -0.132. The van der Waals surface area contributed by atoms with Gasteiger partial charge < -0.3 is 24.6 Å². The Hall–Kier alpha value is -3.22. The van der Waals surface area contributed by atoms with Gasteiger partial charge in [0.1, 0.15) is 13.2 Å². The van der Waals surface area contributed by atoms with E-state index in [2.05, 4.69) is 24.1 Å². The summed E-state index contributed by atoms with van der Waals surface area (Å²) < 4.78 is 11.1. The van der Waals surface area contributed by atoms with Gasteiger partial charge in [-0.1, -0.05) is 13.8 Å². The highest BCUT2D eigenvalue weighted by Crippen LogP contribution is 2.31. The summed E-state index contributed by atoms with van der Waals surface area (Å²) in [6, 6.07) is 13.0. The molecular formula is C24H29N3O4. The molecule has 0 bridgehead atoms. The van der Waals surface area contributed by atoms with Gasteiger partial charge in [-0.25, -0.2) is 0 Å². The zero-order chi connectivity index (χ0) is 21.8. The van der Waals surface area contributed by atoms with Crippen molar-refractivity contribution in [2.75, 3.05) is 49.6 Å². The molecule has 0 saturated carbocycles. The Morgan fingerprint density at radius 3 is 2.29 bits per heavy atom. The highest BCUT2D eigenvalue weighted by Gasteiger charge is 2.22. The van der Waals surface area contributed by atoms with Crippen LogP contribution in [0.15, 0.2) is 42.5 Å². The van der Waals surface area contributed by atoms with Crippen LogP contribution in [-0.2, 0) is 4.79 Å². The third-order valence-electron chi connectivity index (χ3n) is 5.51. The molecule has 2 aliphatic heterocycles. The summed E-state index contributed by atoms with van der Waals surface area (Å²) in [5, 5.41) is 2.93. The van der Waals surface area contributed by atoms with Crippen molar-refractivity contribution in [3.8, 4) is 11.5 Å². The van der Waals surface area contributed by atoms with E-state index in [1.807, 2.05) is 29.2 Å². The maximum absolute atomic E-state index is 12.6. The molecule has 0 atom stereocenters. The molecule has 2 amide bonds. The Morgan fingerprint density at radius 2 is 1.61 bits per heavy atom. The lowest BCUT2D eigenvalue weighted by Gasteiger charge is -2.36. The molecule has 2 aromatic rings. The number of carbonyl (C=O) groups excluding carboxylic acids is 2. The van der Waals surface area contributed by atoms with Gasteiger partial charge in [-0.05, 0) is 48.4 Å². The number of amides is 2. The van der Waals surface area contributed by atoms with Crippen molar-refractivity contribution in [3.05, 3.63) is 48.0 Å². The molecule has 0 aromatic heterocycles. The monoisotopic (exact) mass is 423 g/mol. The number of rotatable bonds is 5. The van der Waals surface area contributed by atoms with Crippen molar-refractivity contribution in [1.29, 1.82) is 0 Å². The van der Waals surface area contributed by atoms with Gasteiger partial charge in [-0.2, -0.15) is 0 Å². The van der Waals surface area contributed by atoms with E-state index in [0.717, 1.165) is 37.6 Å². The van der Waals surface area contributed by atoms with Crippen molar-refractivity contribution >= 4 is 23.2 Å². The van der Waals surface area contributed by atoms with E-state index in [4.69, 9.17) is 9.47 Å². The average Bonchev–Trinajstić information content (AvgIpc) is 2.79. The molecule has 2 aromatic carbocycles. The minimum atomic E-state index is -0.193. The third kappa shape index (κ3) is 5.10. The summed E-state index contributed by atoms with van der Waals surface area (Å²) in [4.78, 5) is 29.1. The Balaban J connectivity index is 1.32. The standard InChI is InChI=1S/C24H29N3O4/c1-17(2)15-23(28)27-11-9-26(10-12-27)20-6-4-19(5-7-20)25-24(29)18-3-8-21-22(16-18)31-14-13-30-21/h3-8,16-17H,9-15H2,1-2H3,(H,25,29). The largest absolute Gasteiger partial charge is 0.486 e. The topological polar surface area (TPSA) is 71.1 Å². The van der Waals surface area contributed by atoms with E-state index < -0.39 is 0 Å². The summed E-state index contributed by atoms with van der Waals surface area (Å²) >= 11 is 0. The van der Waals surface area contributed by atoms with E-state index in [9.17, 15) is 9.59 Å². The molecular weight excluding hydrogens is 394 g/mol. The maximum Gasteiger partial charge on any atom is 0.255 e. The van der Waals surface area contributed by atoms with Crippen molar-refractivity contribution in [2.24, 2.45) is 5.92 Å². The zero-order valence-electron chi connectivity index (χ0n) is 18.1. The first-order valence-corrected chi connectivity index (χ1v) is 10.8. The molecule has 0 unspecified atom stereocenters. The Labute approximate surface area is 182 Å². The molecule has 1 saturated heterocycles. The van der Waals surface area contributed by atoms with Crippen molar-refractivity contribution < 1.29 is 19.1 Å². The van der Waals surface area contributed by atoms with Gasteiger partial charge in [0.05, 0.1) is 0 Å². The van der Waals surface area contributed by atoms with Crippen LogP contribution in [0, 0.1) is 5.92 Å². The molecule has 4 rings (SSSR count). The van der Waals surface area contributed by atoms with Crippen LogP contribution in [0.2, 0.25) is 0 Å². The van der Waals surface area contributed by atoms with Crippen LogP contribution in [0.1, 0.15) is 30.6 Å². The molecule has 2 heterocycles. The second-order valence-corrected chi connectivity index (χ2v) is 8.33. The first kappa shape index (κ1) is 21.0. The SMILES string of the molecule is CC(C)CC(=O)N1CCN(c2ccc(NC(=O)c3ccc4c(c3)OCCO4)cc2)CC1. The van der Waals surface area contributed by atoms with E-state index in [-0.39, 0.29) is 11.8 Å². The van der Waals surface area contributed by atoms with E-state index >= 15 is 0 Å². The van der Waals surface area contributed by atoms with Gasteiger partial charge in [0.15, 0.2) is 11.5 Å². The first-order valence-electron chi connectivity index (χ1n) is 10.8. The molecule has 7 heteroatoms. The molecule has 1 fully saturated rings. The average molecular weight is 424 g/mol. The minimum absolute atomic E-state index is 0.193. The fraction of sp³-hybridized carbons (Fsp3) is 0.417. The molecule has 2 aliphatic rings. The number of fused-ring (bicyclic) bond motifs is 1. The molecule has 31 heavy (non-hydrogen) atoms. The summed E-state index contributed by atoms with van der Waals surface area (Å²) in [6.07, 6.45) is 0.609. The van der Waals surface area contributed by atoms with Crippen molar-refractivity contribution in [2.45, 2.75) is 20.3 Å². The summed E-state index contributed by atoms with van der Waals surface area (Å²) in [7, 11) is 0. The molecule has 0 aliphatic carbocycles. The zero-order valence-corrected chi connectivity index (χ0v) is 18.1. The number of anilines is 2. The Bertz CT molecular complexity index is 934. The van der Waals surface area contributed by atoms with Crippen LogP contribution in [0.5, 0.6) is 11.5 Å². The predicted octanol–water partition coefficient (Wildman–Crippen LogP) is 3.40. The lowest BCUT2D eigenvalue weighted by atomic mass is 10.1. The number of piperazine rings is 1. The Kier molecular flexibility index (Phi) is 6.30. The minimum Gasteiger partial charge on any atom is -0.486 e. The fourth-order valence-corrected chi connectivity index (χ4v) is 3.84. The number of nitrogens with one attached hydrogen (secondary N) is 1. The lowest BCUT2D eigenvalue weighted by Crippen LogP contribution is -2.49. The van der Waals surface area contributed by atoms with Crippen LogP contribution >= 0.6 is 0 Å². The first-order chi connectivity index (χ1) is 15.0. The summed E-state index contributed by atoms with van der Waals surface area (Å²) in [5.74, 6) is 1.70. The van der Waals surface area contributed by atoms with Crippen LogP contribution < -0.4 is 19.7 Å². The molecule has 0 spiro atoms. The highest BCUT2D eigenvalue weighted by molar-refractivity contribution is 6.04. The number of ether oxygens (including phenoxy) is 2. The number of carbonyl (C=O) groups is 2. The molecule has 1 N–H and O–H groups in total. The van der Waals surface area contributed by atoms with Crippen LogP contribution in [-0.4, -0.2) is 56.1 Å². The van der Waals surface area contributed by atoms with Gasteiger partial charge in [0, 0.05) is 49.5 Å². The van der Waals surface area contributed by atoms with Gasteiger partial charge in [-0.15, -0.1) is 0 Å². The van der Waals surface area contributed by atoms with Gasteiger partial charge in [0.25, 0.3) is 5.91 Å². The van der Waals surface area contributed by atoms with Crippen LogP contribution in [0.25, 0.3) is 0 Å². The van der Waals surface area contributed by atoms with Crippen molar-refractivity contribution in [3.63, 3.8) is 0 Å². The second-order valence-electron chi connectivity index (χ2n) is 8.33. The third-order valence-corrected chi connectivity index (χ3v) is 5.51.